The van der Waals surface area contributed by atoms with Crippen molar-refractivity contribution in [1.82, 2.24) is 19.9 Å². The van der Waals surface area contributed by atoms with E-state index in [-0.39, 0.29) is 19.1 Å². The van der Waals surface area contributed by atoms with E-state index in [0.29, 0.717) is 11.2 Å². The number of carbonyl (C=O) groups is 1. The number of nitrogens with zero attached hydrogens (tertiary/aromatic N) is 3. The monoisotopic (exact) mass is 340 g/mol. The standard InChI is InChI=1S/C18H20N4O3/c1-11-20-16-7-14(8-19-17(16)21-11)12-3-5-13(6-4-12)18(25)22(2)9-15(24)10-23/h3-8,15,23-24H,9-10H2,1-2H3,(H,19,20,21). The molecule has 0 saturated heterocycles. The molecule has 25 heavy (non-hydrogen) atoms. The van der Waals surface area contributed by atoms with Crippen LogP contribution in [0, 0.1) is 6.92 Å². The van der Waals surface area contributed by atoms with Crippen LogP contribution in [0.1, 0.15) is 16.2 Å². The van der Waals surface area contributed by atoms with Crippen LogP contribution in [0.15, 0.2) is 36.5 Å². The normalized spacial score (nSPS) is 12.3. The lowest BCUT2D eigenvalue weighted by Crippen LogP contribution is -2.35. The second-order valence-corrected chi connectivity index (χ2v) is 6.02. The van der Waals surface area contributed by atoms with Crippen molar-refractivity contribution in [1.29, 1.82) is 0 Å². The maximum absolute atomic E-state index is 12.3. The Morgan fingerprint density at radius 1 is 1.28 bits per heavy atom. The van der Waals surface area contributed by atoms with E-state index in [9.17, 15) is 9.90 Å². The molecule has 1 atom stereocenters. The van der Waals surface area contributed by atoms with E-state index in [4.69, 9.17) is 5.11 Å². The summed E-state index contributed by atoms with van der Waals surface area (Å²) in [6.45, 7) is 1.59. The highest BCUT2D eigenvalue weighted by Crippen LogP contribution is 2.22. The molecule has 2 heterocycles. The molecule has 3 rings (SSSR count). The van der Waals surface area contributed by atoms with Gasteiger partial charge in [-0.05, 0) is 30.7 Å². The molecule has 2 aromatic heterocycles. The zero-order valence-electron chi connectivity index (χ0n) is 14.1. The number of fused-ring (bicyclic) bond motifs is 1. The fourth-order valence-electron chi connectivity index (χ4n) is 2.66. The van der Waals surface area contributed by atoms with E-state index >= 15 is 0 Å². The highest BCUT2D eigenvalue weighted by molar-refractivity contribution is 5.94. The summed E-state index contributed by atoms with van der Waals surface area (Å²) in [5.74, 6) is 0.602. The summed E-state index contributed by atoms with van der Waals surface area (Å²) in [5, 5.41) is 18.3. The Hall–Kier alpha value is -2.77. The number of likely N-dealkylation sites (N-methyl/N-ethyl adjacent to an activating group) is 1. The smallest absolute Gasteiger partial charge is 0.253 e. The van der Waals surface area contributed by atoms with Crippen LogP contribution in [-0.4, -0.2) is 62.3 Å². The Morgan fingerprint density at radius 3 is 2.68 bits per heavy atom. The molecule has 0 bridgehead atoms. The predicted octanol–water partition coefficient (Wildman–Crippen LogP) is 1.36. The molecule has 0 aliphatic heterocycles. The van der Waals surface area contributed by atoms with Crippen molar-refractivity contribution >= 4 is 17.1 Å². The van der Waals surface area contributed by atoms with E-state index in [1.54, 1.807) is 25.4 Å². The number of aliphatic hydroxyl groups is 2. The Bertz CT molecular complexity index is 889. The molecule has 7 heteroatoms. The van der Waals surface area contributed by atoms with Crippen molar-refractivity contribution in [3.05, 3.63) is 47.9 Å². The Labute approximate surface area is 145 Å². The lowest BCUT2D eigenvalue weighted by atomic mass is 10.0. The summed E-state index contributed by atoms with van der Waals surface area (Å²) < 4.78 is 0. The quantitative estimate of drug-likeness (QED) is 0.651. The van der Waals surface area contributed by atoms with Crippen molar-refractivity contribution in [2.75, 3.05) is 20.2 Å². The summed E-state index contributed by atoms with van der Waals surface area (Å²) in [7, 11) is 1.59. The van der Waals surface area contributed by atoms with Crippen LogP contribution in [0.3, 0.4) is 0 Å². The zero-order valence-corrected chi connectivity index (χ0v) is 14.1. The number of carbonyl (C=O) groups excluding carboxylic acids is 1. The van der Waals surface area contributed by atoms with Gasteiger partial charge in [0.1, 0.15) is 5.82 Å². The molecule has 1 amide bonds. The topological polar surface area (TPSA) is 102 Å². The number of aromatic nitrogens is 3. The van der Waals surface area contributed by atoms with Crippen LogP contribution in [-0.2, 0) is 0 Å². The SMILES string of the molecule is Cc1nc2ncc(-c3ccc(C(=O)N(C)CC(O)CO)cc3)cc2[nH]1. The van der Waals surface area contributed by atoms with Gasteiger partial charge in [-0.25, -0.2) is 9.97 Å². The number of amides is 1. The lowest BCUT2D eigenvalue weighted by Gasteiger charge is -2.19. The number of pyridine rings is 1. The lowest BCUT2D eigenvalue weighted by molar-refractivity contribution is 0.0520. The largest absolute Gasteiger partial charge is 0.394 e. The van der Waals surface area contributed by atoms with Gasteiger partial charge < -0.3 is 20.1 Å². The fourth-order valence-corrected chi connectivity index (χ4v) is 2.66. The average Bonchev–Trinajstić information content (AvgIpc) is 3.00. The summed E-state index contributed by atoms with van der Waals surface area (Å²) in [5.41, 5.74) is 3.93. The molecule has 7 nitrogen and oxygen atoms in total. The third-order valence-electron chi connectivity index (χ3n) is 3.96. The van der Waals surface area contributed by atoms with Crippen LogP contribution in [0.25, 0.3) is 22.3 Å². The Morgan fingerprint density at radius 2 is 2.00 bits per heavy atom. The summed E-state index contributed by atoms with van der Waals surface area (Å²) in [6.07, 6.45) is 0.812. The van der Waals surface area contributed by atoms with Gasteiger partial charge in [-0.15, -0.1) is 0 Å². The van der Waals surface area contributed by atoms with Gasteiger partial charge in [-0.2, -0.15) is 0 Å². The first-order valence-corrected chi connectivity index (χ1v) is 7.95. The first-order chi connectivity index (χ1) is 12.0. The first-order valence-electron chi connectivity index (χ1n) is 7.95. The molecule has 1 unspecified atom stereocenters. The number of rotatable bonds is 5. The maximum Gasteiger partial charge on any atom is 0.253 e. The molecule has 0 fully saturated rings. The van der Waals surface area contributed by atoms with Gasteiger partial charge in [0, 0.05) is 30.9 Å². The zero-order chi connectivity index (χ0) is 18.0. The van der Waals surface area contributed by atoms with Crippen molar-refractivity contribution in [3.63, 3.8) is 0 Å². The van der Waals surface area contributed by atoms with Gasteiger partial charge in [0.2, 0.25) is 0 Å². The van der Waals surface area contributed by atoms with Gasteiger partial charge in [0.25, 0.3) is 5.91 Å². The number of H-pyrrole nitrogens is 1. The van der Waals surface area contributed by atoms with Crippen molar-refractivity contribution in [2.24, 2.45) is 0 Å². The number of nitrogens with one attached hydrogen (secondary N) is 1. The van der Waals surface area contributed by atoms with E-state index < -0.39 is 6.10 Å². The minimum Gasteiger partial charge on any atom is -0.394 e. The van der Waals surface area contributed by atoms with E-state index in [1.807, 2.05) is 25.1 Å². The molecule has 0 radical (unpaired) electrons. The number of aliphatic hydroxyl groups excluding tert-OH is 2. The minimum atomic E-state index is -0.941. The summed E-state index contributed by atoms with van der Waals surface area (Å²) >= 11 is 0. The van der Waals surface area contributed by atoms with Crippen LogP contribution >= 0.6 is 0 Å². The van der Waals surface area contributed by atoms with E-state index in [2.05, 4.69) is 15.0 Å². The molecule has 0 aliphatic rings. The molecule has 0 saturated carbocycles. The first kappa shape index (κ1) is 17.1. The van der Waals surface area contributed by atoms with Gasteiger partial charge in [-0.3, -0.25) is 4.79 Å². The van der Waals surface area contributed by atoms with Crippen molar-refractivity contribution in [3.8, 4) is 11.1 Å². The second kappa shape index (κ2) is 7.00. The highest BCUT2D eigenvalue weighted by Gasteiger charge is 2.15. The molecular weight excluding hydrogens is 320 g/mol. The van der Waals surface area contributed by atoms with E-state index in [0.717, 1.165) is 22.5 Å². The number of hydrogen-bond acceptors (Lipinski definition) is 5. The molecule has 3 N–H and O–H groups in total. The van der Waals surface area contributed by atoms with E-state index in [1.165, 1.54) is 4.90 Å². The Balaban J connectivity index is 1.79. The second-order valence-electron chi connectivity index (χ2n) is 6.02. The fraction of sp³-hybridized carbons (Fsp3) is 0.278. The van der Waals surface area contributed by atoms with Crippen LogP contribution in [0.2, 0.25) is 0 Å². The van der Waals surface area contributed by atoms with Gasteiger partial charge in [0.15, 0.2) is 5.65 Å². The van der Waals surface area contributed by atoms with Crippen LogP contribution < -0.4 is 0 Å². The maximum atomic E-state index is 12.3. The van der Waals surface area contributed by atoms with Crippen molar-refractivity contribution in [2.45, 2.75) is 13.0 Å². The average molecular weight is 340 g/mol. The van der Waals surface area contributed by atoms with Crippen LogP contribution in [0.4, 0.5) is 0 Å². The number of benzene rings is 1. The van der Waals surface area contributed by atoms with Crippen molar-refractivity contribution < 1.29 is 15.0 Å². The summed E-state index contributed by atoms with van der Waals surface area (Å²) in [6, 6.07) is 9.16. The van der Waals surface area contributed by atoms with Gasteiger partial charge >= 0.3 is 0 Å². The molecule has 3 aromatic rings. The third-order valence-corrected chi connectivity index (χ3v) is 3.96. The highest BCUT2D eigenvalue weighted by atomic mass is 16.3. The van der Waals surface area contributed by atoms with Crippen LogP contribution in [0.5, 0.6) is 0 Å². The van der Waals surface area contributed by atoms with Gasteiger partial charge in [0.05, 0.1) is 18.2 Å². The number of imidazole rings is 1. The number of hydrogen-bond donors (Lipinski definition) is 3. The predicted molar refractivity (Wildman–Crippen MR) is 94.1 cm³/mol. The van der Waals surface area contributed by atoms with Gasteiger partial charge in [-0.1, -0.05) is 12.1 Å². The Kier molecular flexibility index (Phi) is 4.78. The molecule has 0 spiro atoms. The molecule has 130 valence electrons. The number of aryl methyl sites for hydroxylation is 1. The molecule has 0 aliphatic carbocycles. The summed E-state index contributed by atoms with van der Waals surface area (Å²) in [4.78, 5) is 25.5. The third kappa shape index (κ3) is 3.67. The molecule has 1 aromatic carbocycles. The molecular formula is C18H20N4O3. The number of aromatic amines is 1. The minimum absolute atomic E-state index is 0.0802.